The van der Waals surface area contributed by atoms with Gasteiger partial charge >= 0.3 is 5.97 Å². The van der Waals surface area contributed by atoms with Crippen molar-refractivity contribution in [2.45, 2.75) is 19.3 Å². The van der Waals surface area contributed by atoms with Crippen molar-refractivity contribution in [2.24, 2.45) is 5.92 Å². The normalized spacial score (nSPS) is 19.2. The molecule has 1 heterocycles. The predicted molar refractivity (Wildman–Crippen MR) is 67.3 cm³/mol. The van der Waals surface area contributed by atoms with Gasteiger partial charge in [0.25, 0.3) is 5.91 Å². The van der Waals surface area contributed by atoms with Crippen molar-refractivity contribution >= 4 is 11.9 Å². The van der Waals surface area contributed by atoms with E-state index in [0.717, 1.165) is 12.8 Å². The molecule has 1 fully saturated rings. The summed E-state index contributed by atoms with van der Waals surface area (Å²) in [7, 11) is 0. The van der Waals surface area contributed by atoms with E-state index in [0.29, 0.717) is 18.7 Å². The highest BCUT2D eigenvalue weighted by molar-refractivity contribution is 5.94. The van der Waals surface area contributed by atoms with Crippen molar-refractivity contribution in [1.29, 1.82) is 0 Å². The molecule has 1 aliphatic heterocycles. The van der Waals surface area contributed by atoms with Gasteiger partial charge in [-0.1, -0.05) is 0 Å². The number of carboxylic acids is 1. The number of carbonyl (C=O) groups is 2. The predicted octanol–water partition coefficient (Wildman–Crippen LogP) is 2.15. The van der Waals surface area contributed by atoms with Crippen molar-refractivity contribution in [3.63, 3.8) is 0 Å². The van der Waals surface area contributed by atoms with Gasteiger partial charge in [-0.2, -0.15) is 0 Å². The van der Waals surface area contributed by atoms with Gasteiger partial charge in [-0.25, -0.2) is 4.39 Å². The molecule has 19 heavy (non-hydrogen) atoms. The van der Waals surface area contributed by atoms with E-state index in [2.05, 4.69) is 0 Å². The summed E-state index contributed by atoms with van der Waals surface area (Å²) in [6.07, 6.45) is 1.73. The second-order valence-corrected chi connectivity index (χ2v) is 4.86. The molecule has 0 radical (unpaired) electrons. The van der Waals surface area contributed by atoms with Crippen LogP contribution in [-0.2, 0) is 4.79 Å². The molecule has 1 aliphatic rings. The number of amides is 1. The molecule has 102 valence electrons. The first-order valence-electron chi connectivity index (χ1n) is 6.33. The Bertz CT molecular complexity index is 472. The molecule has 0 saturated carbocycles. The number of hydrogen-bond acceptors (Lipinski definition) is 2. The number of benzene rings is 1. The molecule has 1 aromatic rings. The Labute approximate surface area is 110 Å². The molecule has 0 aliphatic carbocycles. The van der Waals surface area contributed by atoms with Crippen LogP contribution in [0.5, 0.6) is 0 Å². The highest BCUT2D eigenvalue weighted by atomic mass is 19.1. The van der Waals surface area contributed by atoms with E-state index < -0.39 is 5.97 Å². The zero-order valence-electron chi connectivity index (χ0n) is 10.5. The van der Waals surface area contributed by atoms with Crippen molar-refractivity contribution in [3.05, 3.63) is 35.6 Å². The summed E-state index contributed by atoms with van der Waals surface area (Å²) in [6.45, 7) is 1.09. The van der Waals surface area contributed by atoms with Gasteiger partial charge in [0.1, 0.15) is 5.82 Å². The second kappa shape index (κ2) is 5.82. The Kier molecular flexibility index (Phi) is 4.14. The fourth-order valence-electron chi connectivity index (χ4n) is 2.44. The lowest BCUT2D eigenvalue weighted by molar-refractivity contribution is -0.138. The fourth-order valence-corrected chi connectivity index (χ4v) is 2.44. The van der Waals surface area contributed by atoms with Gasteiger partial charge in [-0.15, -0.1) is 0 Å². The van der Waals surface area contributed by atoms with Crippen LogP contribution in [0.15, 0.2) is 24.3 Å². The van der Waals surface area contributed by atoms with Crippen LogP contribution in [-0.4, -0.2) is 35.0 Å². The monoisotopic (exact) mass is 265 g/mol. The average Bonchev–Trinajstić information content (AvgIpc) is 2.38. The van der Waals surface area contributed by atoms with Crippen LogP contribution in [0, 0.1) is 11.7 Å². The van der Waals surface area contributed by atoms with E-state index in [4.69, 9.17) is 5.11 Å². The number of piperidine rings is 1. The summed E-state index contributed by atoms with van der Waals surface area (Å²) >= 11 is 0. The van der Waals surface area contributed by atoms with Gasteiger partial charge < -0.3 is 10.0 Å². The molecule has 4 nitrogen and oxygen atoms in total. The van der Waals surface area contributed by atoms with E-state index >= 15 is 0 Å². The molecule has 0 spiro atoms. The Morgan fingerprint density at radius 1 is 1.32 bits per heavy atom. The van der Waals surface area contributed by atoms with Crippen LogP contribution >= 0.6 is 0 Å². The molecule has 1 amide bonds. The van der Waals surface area contributed by atoms with Gasteiger partial charge in [-0.05, 0) is 43.0 Å². The van der Waals surface area contributed by atoms with Crippen LogP contribution in [0.1, 0.15) is 29.6 Å². The first kappa shape index (κ1) is 13.5. The standard InChI is InChI=1S/C14H16FNO3/c15-12-5-3-11(4-6-12)14(19)16-7-1-2-10(9-16)8-13(17)18/h3-6,10H,1-2,7-9H2,(H,17,18)/t10-/m1/s1. The van der Waals surface area contributed by atoms with E-state index in [1.165, 1.54) is 24.3 Å². The zero-order valence-corrected chi connectivity index (χ0v) is 10.5. The highest BCUT2D eigenvalue weighted by Gasteiger charge is 2.25. The molecular weight excluding hydrogens is 249 g/mol. The molecule has 0 unspecified atom stereocenters. The number of nitrogens with zero attached hydrogens (tertiary/aromatic N) is 1. The minimum absolute atomic E-state index is 0.00986. The summed E-state index contributed by atoms with van der Waals surface area (Å²) in [4.78, 5) is 24.6. The minimum Gasteiger partial charge on any atom is -0.481 e. The van der Waals surface area contributed by atoms with E-state index in [-0.39, 0.29) is 24.1 Å². The summed E-state index contributed by atoms with van der Waals surface area (Å²) in [5.74, 6) is -1.36. The lowest BCUT2D eigenvalue weighted by Crippen LogP contribution is -2.40. The van der Waals surface area contributed by atoms with Gasteiger partial charge in [0.05, 0.1) is 0 Å². The van der Waals surface area contributed by atoms with Crippen molar-refractivity contribution < 1.29 is 19.1 Å². The Morgan fingerprint density at radius 2 is 2.00 bits per heavy atom. The maximum atomic E-state index is 12.8. The fraction of sp³-hybridized carbons (Fsp3) is 0.429. The number of aliphatic carboxylic acids is 1. The van der Waals surface area contributed by atoms with Crippen LogP contribution in [0.2, 0.25) is 0 Å². The smallest absolute Gasteiger partial charge is 0.303 e. The van der Waals surface area contributed by atoms with Crippen molar-refractivity contribution in [1.82, 2.24) is 4.90 Å². The van der Waals surface area contributed by atoms with E-state index in [9.17, 15) is 14.0 Å². The lowest BCUT2D eigenvalue weighted by Gasteiger charge is -2.32. The van der Waals surface area contributed by atoms with E-state index in [1.54, 1.807) is 4.90 Å². The molecule has 1 N–H and O–H groups in total. The molecule has 1 aromatic carbocycles. The maximum Gasteiger partial charge on any atom is 0.303 e. The molecule has 1 saturated heterocycles. The van der Waals surface area contributed by atoms with Gasteiger partial charge in [0, 0.05) is 25.1 Å². The van der Waals surface area contributed by atoms with Gasteiger partial charge in [0.15, 0.2) is 0 Å². The maximum absolute atomic E-state index is 12.8. The number of carboxylic acid groups (broad SMARTS) is 1. The summed E-state index contributed by atoms with van der Waals surface area (Å²) in [6, 6.07) is 5.43. The summed E-state index contributed by atoms with van der Waals surface area (Å²) in [5, 5.41) is 8.79. The third-order valence-electron chi connectivity index (χ3n) is 3.36. The number of halogens is 1. The van der Waals surface area contributed by atoms with Crippen molar-refractivity contribution in [3.8, 4) is 0 Å². The third-order valence-corrected chi connectivity index (χ3v) is 3.36. The first-order chi connectivity index (χ1) is 9.06. The number of likely N-dealkylation sites (tertiary alicyclic amines) is 1. The molecular formula is C14H16FNO3. The van der Waals surface area contributed by atoms with E-state index in [1.807, 2.05) is 0 Å². The minimum atomic E-state index is -0.832. The average molecular weight is 265 g/mol. The molecule has 0 aromatic heterocycles. The molecule has 2 rings (SSSR count). The Hall–Kier alpha value is -1.91. The highest BCUT2D eigenvalue weighted by Crippen LogP contribution is 2.21. The van der Waals surface area contributed by atoms with Gasteiger partial charge in [0.2, 0.25) is 0 Å². The SMILES string of the molecule is O=C(O)C[C@H]1CCCN(C(=O)c2ccc(F)cc2)C1. The van der Waals surface area contributed by atoms with Crippen molar-refractivity contribution in [2.75, 3.05) is 13.1 Å². The molecule has 1 atom stereocenters. The Morgan fingerprint density at radius 3 is 2.63 bits per heavy atom. The number of hydrogen-bond donors (Lipinski definition) is 1. The second-order valence-electron chi connectivity index (χ2n) is 4.86. The van der Waals surface area contributed by atoms with Gasteiger partial charge in [-0.3, -0.25) is 9.59 Å². The summed E-state index contributed by atoms with van der Waals surface area (Å²) < 4.78 is 12.8. The summed E-state index contributed by atoms with van der Waals surface area (Å²) in [5.41, 5.74) is 0.442. The number of carbonyl (C=O) groups excluding carboxylic acids is 1. The lowest BCUT2D eigenvalue weighted by atomic mass is 9.94. The topological polar surface area (TPSA) is 57.6 Å². The van der Waals surface area contributed by atoms with Crippen LogP contribution in [0.4, 0.5) is 4.39 Å². The first-order valence-corrected chi connectivity index (χ1v) is 6.33. The van der Waals surface area contributed by atoms with Crippen LogP contribution in [0.3, 0.4) is 0 Å². The zero-order chi connectivity index (χ0) is 13.8. The molecule has 5 heteroatoms. The third kappa shape index (κ3) is 3.53. The van der Waals surface area contributed by atoms with Crippen LogP contribution in [0.25, 0.3) is 0 Å². The Balaban J connectivity index is 2.02. The number of rotatable bonds is 3. The quantitative estimate of drug-likeness (QED) is 0.911. The largest absolute Gasteiger partial charge is 0.481 e. The molecule has 0 bridgehead atoms. The van der Waals surface area contributed by atoms with Crippen LogP contribution < -0.4 is 0 Å².